The lowest BCUT2D eigenvalue weighted by molar-refractivity contribution is 0.784. The summed E-state index contributed by atoms with van der Waals surface area (Å²) in [7, 11) is 0. The molecule has 1 unspecified atom stereocenters. The fourth-order valence-corrected chi connectivity index (χ4v) is 2.24. The molecule has 94 valence electrons. The maximum atomic E-state index is 6.12. The molecule has 0 saturated heterocycles. The molecule has 1 atom stereocenters. The highest BCUT2D eigenvalue weighted by Crippen LogP contribution is 2.26. The molecule has 0 spiro atoms. The lowest BCUT2D eigenvalue weighted by atomic mass is 10.1. The van der Waals surface area contributed by atoms with Crippen LogP contribution in [0.3, 0.4) is 0 Å². The van der Waals surface area contributed by atoms with Gasteiger partial charge in [0, 0.05) is 23.4 Å². The predicted octanol–water partition coefficient (Wildman–Crippen LogP) is 3.61. The largest absolute Gasteiger partial charge is 0.376 e. The minimum absolute atomic E-state index is 0.0186. The Bertz CT molecular complexity index is 533. The van der Waals surface area contributed by atoms with Crippen LogP contribution in [0, 0.1) is 0 Å². The van der Waals surface area contributed by atoms with Crippen LogP contribution >= 0.6 is 27.5 Å². The van der Waals surface area contributed by atoms with Gasteiger partial charge in [-0.1, -0.05) is 23.7 Å². The molecule has 0 bridgehead atoms. The first-order valence-electron chi connectivity index (χ1n) is 5.52. The van der Waals surface area contributed by atoms with Gasteiger partial charge in [0.15, 0.2) is 0 Å². The summed E-state index contributed by atoms with van der Waals surface area (Å²) in [4.78, 5) is 4.14. The van der Waals surface area contributed by atoms with Crippen molar-refractivity contribution in [3.63, 3.8) is 0 Å². The zero-order valence-electron chi connectivity index (χ0n) is 9.61. The van der Waals surface area contributed by atoms with E-state index in [9.17, 15) is 0 Å². The number of halogens is 2. The van der Waals surface area contributed by atoms with Gasteiger partial charge < -0.3 is 11.1 Å². The third-order valence-electron chi connectivity index (χ3n) is 2.57. The Morgan fingerprint density at radius 1 is 1.33 bits per heavy atom. The van der Waals surface area contributed by atoms with Crippen molar-refractivity contribution in [2.75, 3.05) is 11.9 Å². The Morgan fingerprint density at radius 3 is 2.78 bits per heavy atom. The van der Waals surface area contributed by atoms with Gasteiger partial charge in [-0.05, 0) is 39.7 Å². The van der Waals surface area contributed by atoms with Crippen LogP contribution < -0.4 is 11.1 Å². The fraction of sp³-hybridized carbons (Fsp3) is 0.154. The third kappa shape index (κ3) is 3.22. The van der Waals surface area contributed by atoms with E-state index in [1.54, 1.807) is 12.4 Å². The SMILES string of the molecule is NCC(Nc1ccccc1Cl)c1cncc(Br)c1. The van der Waals surface area contributed by atoms with Gasteiger partial charge in [0.25, 0.3) is 0 Å². The molecule has 2 aromatic rings. The van der Waals surface area contributed by atoms with Crippen LogP contribution in [0.1, 0.15) is 11.6 Å². The Balaban J connectivity index is 2.23. The smallest absolute Gasteiger partial charge is 0.0652 e. The normalized spacial score (nSPS) is 12.2. The standard InChI is InChI=1S/C13H13BrClN3/c14-10-5-9(7-17-8-10)13(6-16)18-12-4-2-1-3-11(12)15/h1-5,7-8,13,18H,6,16H2. The van der Waals surface area contributed by atoms with Gasteiger partial charge in [0.1, 0.15) is 0 Å². The molecule has 0 aliphatic heterocycles. The first kappa shape index (κ1) is 13.3. The summed E-state index contributed by atoms with van der Waals surface area (Å²) in [5, 5.41) is 4.00. The van der Waals surface area contributed by atoms with Gasteiger partial charge in [-0.15, -0.1) is 0 Å². The van der Waals surface area contributed by atoms with E-state index < -0.39 is 0 Å². The maximum absolute atomic E-state index is 6.12. The monoisotopic (exact) mass is 325 g/mol. The molecule has 0 fully saturated rings. The highest BCUT2D eigenvalue weighted by molar-refractivity contribution is 9.10. The third-order valence-corrected chi connectivity index (χ3v) is 3.33. The number of anilines is 1. The van der Waals surface area contributed by atoms with Gasteiger partial charge in [-0.2, -0.15) is 0 Å². The van der Waals surface area contributed by atoms with Crippen LogP contribution in [0.15, 0.2) is 47.2 Å². The summed E-state index contributed by atoms with van der Waals surface area (Å²) < 4.78 is 0.930. The van der Waals surface area contributed by atoms with Gasteiger partial charge in [-0.25, -0.2) is 0 Å². The second kappa shape index (κ2) is 6.18. The molecule has 3 N–H and O–H groups in total. The Hall–Kier alpha value is -1.10. The number of pyridine rings is 1. The van der Waals surface area contributed by atoms with Crippen molar-refractivity contribution in [2.24, 2.45) is 5.73 Å². The number of rotatable bonds is 4. The van der Waals surface area contributed by atoms with Gasteiger partial charge in [-0.3, -0.25) is 4.98 Å². The van der Waals surface area contributed by atoms with Gasteiger partial charge in [0.2, 0.25) is 0 Å². The van der Waals surface area contributed by atoms with Crippen molar-refractivity contribution < 1.29 is 0 Å². The van der Waals surface area contributed by atoms with E-state index in [0.29, 0.717) is 11.6 Å². The first-order valence-corrected chi connectivity index (χ1v) is 6.69. The quantitative estimate of drug-likeness (QED) is 0.902. The average Bonchev–Trinajstić information content (AvgIpc) is 2.38. The van der Waals surface area contributed by atoms with E-state index in [2.05, 4.69) is 26.2 Å². The molecule has 0 aliphatic rings. The van der Waals surface area contributed by atoms with E-state index in [-0.39, 0.29) is 6.04 Å². The van der Waals surface area contributed by atoms with Crippen LogP contribution in [0.4, 0.5) is 5.69 Å². The van der Waals surface area contributed by atoms with Crippen LogP contribution in [-0.4, -0.2) is 11.5 Å². The summed E-state index contributed by atoms with van der Waals surface area (Å²) in [6.45, 7) is 0.462. The van der Waals surface area contributed by atoms with Gasteiger partial charge in [0.05, 0.1) is 16.8 Å². The van der Waals surface area contributed by atoms with Crippen molar-refractivity contribution in [3.05, 3.63) is 57.8 Å². The summed E-state index contributed by atoms with van der Waals surface area (Å²) >= 11 is 9.52. The summed E-state index contributed by atoms with van der Waals surface area (Å²) in [6, 6.07) is 9.57. The second-order valence-electron chi connectivity index (χ2n) is 3.85. The topological polar surface area (TPSA) is 50.9 Å². The molecular weight excluding hydrogens is 314 g/mol. The van der Waals surface area contributed by atoms with Gasteiger partial charge >= 0.3 is 0 Å². The Morgan fingerprint density at radius 2 is 2.11 bits per heavy atom. The predicted molar refractivity (Wildman–Crippen MR) is 78.8 cm³/mol. The van der Waals surface area contributed by atoms with E-state index in [1.165, 1.54) is 0 Å². The molecular formula is C13H13BrClN3. The Labute approximate surface area is 119 Å². The number of para-hydroxylation sites is 1. The van der Waals surface area contributed by atoms with Crippen LogP contribution in [0.2, 0.25) is 5.02 Å². The minimum Gasteiger partial charge on any atom is -0.376 e. The summed E-state index contributed by atoms with van der Waals surface area (Å²) in [5.41, 5.74) is 7.69. The van der Waals surface area contributed by atoms with Crippen molar-refractivity contribution in [1.82, 2.24) is 4.98 Å². The molecule has 2 rings (SSSR count). The number of nitrogens with zero attached hydrogens (tertiary/aromatic N) is 1. The molecule has 0 aliphatic carbocycles. The molecule has 3 nitrogen and oxygen atoms in total. The number of nitrogens with one attached hydrogen (secondary N) is 1. The van der Waals surface area contributed by atoms with Crippen molar-refractivity contribution >= 4 is 33.2 Å². The molecule has 5 heteroatoms. The lowest BCUT2D eigenvalue weighted by Gasteiger charge is -2.19. The zero-order chi connectivity index (χ0) is 13.0. The molecule has 1 aromatic carbocycles. The number of hydrogen-bond acceptors (Lipinski definition) is 3. The first-order chi connectivity index (χ1) is 8.70. The number of benzene rings is 1. The average molecular weight is 327 g/mol. The molecule has 18 heavy (non-hydrogen) atoms. The van der Waals surface area contributed by atoms with Crippen LogP contribution in [0.5, 0.6) is 0 Å². The summed E-state index contributed by atoms with van der Waals surface area (Å²) in [6.07, 6.45) is 3.54. The van der Waals surface area contributed by atoms with E-state index >= 15 is 0 Å². The highest BCUT2D eigenvalue weighted by atomic mass is 79.9. The van der Waals surface area contributed by atoms with Crippen LogP contribution in [0.25, 0.3) is 0 Å². The Kier molecular flexibility index (Phi) is 4.58. The number of aromatic nitrogens is 1. The lowest BCUT2D eigenvalue weighted by Crippen LogP contribution is -2.20. The van der Waals surface area contributed by atoms with Crippen molar-refractivity contribution in [1.29, 1.82) is 0 Å². The second-order valence-corrected chi connectivity index (χ2v) is 5.17. The number of nitrogens with two attached hydrogens (primary N) is 1. The zero-order valence-corrected chi connectivity index (χ0v) is 11.9. The highest BCUT2D eigenvalue weighted by Gasteiger charge is 2.11. The molecule has 0 radical (unpaired) electrons. The number of hydrogen-bond donors (Lipinski definition) is 2. The van der Waals surface area contributed by atoms with E-state index in [1.807, 2.05) is 30.3 Å². The van der Waals surface area contributed by atoms with Crippen molar-refractivity contribution in [3.8, 4) is 0 Å². The molecule has 0 saturated carbocycles. The molecule has 1 heterocycles. The fourth-order valence-electron chi connectivity index (χ4n) is 1.66. The summed E-state index contributed by atoms with van der Waals surface area (Å²) in [5.74, 6) is 0. The molecule has 0 amide bonds. The molecule has 1 aromatic heterocycles. The van der Waals surface area contributed by atoms with E-state index in [4.69, 9.17) is 17.3 Å². The van der Waals surface area contributed by atoms with Crippen LogP contribution in [-0.2, 0) is 0 Å². The van der Waals surface area contributed by atoms with E-state index in [0.717, 1.165) is 15.7 Å². The maximum Gasteiger partial charge on any atom is 0.0652 e. The van der Waals surface area contributed by atoms with Crippen molar-refractivity contribution in [2.45, 2.75) is 6.04 Å². The minimum atomic E-state index is -0.0186.